The maximum atomic E-state index is 13.1. The van der Waals surface area contributed by atoms with Gasteiger partial charge in [-0.05, 0) is 36.4 Å². The molecule has 5 nitrogen and oxygen atoms in total. The highest BCUT2D eigenvalue weighted by molar-refractivity contribution is 7.92. The summed E-state index contributed by atoms with van der Waals surface area (Å²) in [6, 6.07) is 10.4. The van der Waals surface area contributed by atoms with Crippen LogP contribution >= 0.6 is 0 Å². The maximum Gasteiger partial charge on any atom is 0.337 e. The summed E-state index contributed by atoms with van der Waals surface area (Å²) in [5.74, 6) is -1.23. The predicted octanol–water partition coefficient (Wildman–Crippen LogP) is 2.41. The third kappa shape index (κ3) is 3.57. The van der Waals surface area contributed by atoms with Gasteiger partial charge in [0, 0.05) is 5.69 Å². The maximum absolute atomic E-state index is 13.1. The minimum absolute atomic E-state index is 0.183. The second-order valence-electron chi connectivity index (χ2n) is 4.14. The summed E-state index contributed by atoms with van der Waals surface area (Å²) >= 11 is 0. The van der Waals surface area contributed by atoms with Crippen molar-refractivity contribution in [3.63, 3.8) is 0 Å². The Morgan fingerprint density at radius 3 is 2.52 bits per heavy atom. The molecule has 2 aromatic carbocycles. The van der Waals surface area contributed by atoms with Crippen LogP contribution in [0.2, 0.25) is 0 Å². The van der Waals surface area contributed by atoms with E-state index in [1.54, 1.807) is 0 Å². The number of methoxy groups -OCH3 is 1. The summed E-state index contributed by atoms with van der Waals surface area (Å²) < 4.78 is 44.2. The first kappa shape index (κ1) is 15.0. The van der Waals surface area contributed by atoms with Gasteiger partial charge < -0.3 is 4.74 Å². The minimum Gasteiger partial charge on any atom is -0.465 e. The Morgan fingerprint density at radius 2 is 1.86 bits per heavy atom. The van der Waals surface area contributed by atoms with Gasteiger partial charge in [0.25, 0.3) is 10.0 Å². The van der Waals surface area contributed by atoms with Crippen LogP contribution in [0.5, 0.6) is 0 Å². The fourth-order valence-electron chi connectivity index (χ4n) is 1.68. The van der Waals surface area contributed by atoms with Crippen molar-refractivity contribution < 1.29 is 22.3 Å². The van der Waals surface area contributed by atoms with Crippen molar-refractivity contribution in [2.45, 2.75) is 4.90 Å². The molecule has 0 aliphatic heterocycles. The van der Waals surface area contributed by atoms with E-state index in [9.17, 15) is 17.6 Å². The molecule has 0 saturated carbocycles. The molecule has 0 aliphatic carbocycles. The molecular weight excluding hydrogens is 297 g/mol. The Bertz CT molecular complexity index is 774. The monoisotopic (exact) mass is 309 g/mol. The van der Waals surface area contributed by atoms with Crippen LogP contribution in [0.25, 0.3) is 0 Å². The molecule has 0 heterocycles. The highest BCUT2D eigenvalue weighted by Gasteiger charge is 2.15. The van der Waals surface area contributed by atoms with Crippen molar-refractivity contribution in [2.75, 3.05) is 11.8 Å². The van der Waals surface area contributed by atoms with Crippen molar-refractivity contribution in [1.29, 1.82) is 0 Å². The van der Waals surface area contributed by atoms with Crippen LogP contribution in [0.3, 0.4) is 0 Å². The SMILES string of the molecule is COC(=O)c1cccc(NS(=O)(=O)c2cccc(F)c2)c1. The summed E-state index contributed by atoms with van der Waals surface area (Å²) in [6.45, 7) is 0. The molecule has 0 atom stereocenters. The van der Waals surface area contributed by atoms with E-state index in [0.717, 1.165) is 12.1 Å². The summed E-state index contributed by atoms with van der Waals surface area (Å²) in [4.78, 5) is 11.2. The van der Waals surface area contributed by atoms with Crippen LogP contribution < -0.4 is 4.72 Å². The number of hydrogen-bond donors (Lipinski definition) is 1. The van der Waals surface area contributed by atoms with Gasteiger partial charge in [-0.1, -0.05) is 12.1 Å². The van der Waals surface area contributed by atoms with E-state index in [0.29, 0.717) is 0 Å². The van der Waals surface area contributed by atoms with Gasteiger partial charge in [-0.2, -0.15) is 0 Å². The summed E-state index contributed by atoms with van der Waals surface area (Å²) in [5, 5.41) is 0. The van der Waals surface area contributed by atoms with E-state index in [1.807, 2.05) is 0 Å². The molecule has 0 saturated heterocycles. The Kier molecular flexibility index (Phi) is 4.23. The van der Waals surface area contributed by atoms with Gasteiger partial charge in [-0.25, -0.2) is 17.6 Å². The van der Waals surface area contributed by atoms with E-state index in [1.165, 1.54) is 43.5 Å². The highest BCUT2D eigenvalue weighted by Crippen LogP contribution is 2.18. The molecule has 0 bridgehead atoms. The van der Waals surface area contributed by atoms with Gasteiger partial charge in [-0.15, -0.1) is 0 Å². The molecule has 21 heavy (non-hydrogen) atoms. The van der Waals surface area contributed by atoms with Crippen molar-refractivity contribution in [3.8, 4) is 0 Å². The number of sulfonamides is 1. The summed E-state index contributed by atoms with van der Waals surface area (Å²) in [7, 11) is -2.70. The van der Waals surface area contributed by atoms with Crippen molar-refractivity contribution in [3.05, 3.63) is 59.9 Å². The number of carbonyl (C=O) groups is 1. The number of esters is 1. The van der Waals surface area contributed by atoms with E-state index in [2.05, 4.69) is 9.46 Å². The molecule has 2 aromatic rings. The first-order chi connectivity index (χ1) is 9.92. The fraction of sp³-hybridized carbons (Fsp3) is 0.0714. The summed E-state index contributed by atoms with van der Waals surface area (Å²) in [6.07, 6.45) is 0. The van der Waals surface area contributed by atoms with Crippen LogP contribution in [0, 0.1) is 5.82 Å². The van der Waals surface area contributed by atoms with Crippen LogP contribution in [0.1, 0.15) is 10.4 Å². The van der Waals surface area contributed by atoms with E-state index in [4.69, 9.17) is 0 Å². The molecular formula is C14H12FNO4S. The number of hydrogen-bond acceptors (Lipinski definition) is 4. The third-order valence-electron chi connectivity index (χ3n) is 2.64. The first-order valence-corrected chi connectivity index (χ1v) is 7.37. The Morgan fingerprint density at radius 1 is 1.14 bits per heavy atom. The quantitative estimate of drug-likeness (QED) is 0.880. The third-order valence-corrected chi connectivity index (χ3v) is 4.02. The predicted molar refractivity (Wildman–Crippen MR) is 75.0 cm³/mol. The van der Waals surface area contributed by atoms with Gasteiger partial charge in [0.1, 0.15) is 5.82 Å². The molecule has 0 spiro atoms. The average molecular weight is 309 g/mol. The highest BCUT2D eigenvalue weighted by atomic mass is 32.2. The van der Waals surface area contributed by atoms with Crippen molar-refractivity contribution in [2.24, 2.45) is 0 Å². The van der Waals surface area contributed by atoms with Crippen LogP contribution in [0.4, 0.5) is 10.1 Å². The second kappa shape index (κ2) is 5.92. The molecule has 110 valence electrons. The molecule has 2 rings (SSSR count). The fourth-order valence-corrected chi connectivity index (χ4v) is 2.76. The number of ether oxygens (including phenoxy) is 1. The lowest BCUT2D eigenvalue weighted by atomic mass is 10.2. The molecule has 0 aromatic heterocycles. The van der Waals surface area contributed by atoms with Gasteiger partial charge >= 0.3 is 5.97 Å². The smallest absolute Gasteiger partial charge is 0.337 e. The van der Waals surface area contributed by atoms with E-state index < -0.39 is 21.8 Å². The zero-order valence-electron chi connectivity index (χ0n) is 11.0. The first-order valence-electron chi connectivity index (χ1n) is 5.89. The van der Waals surface area contributed by atoms with Gasteiger partial charge in [0.2, 0.25) is 0 Å². The lowest BCUT2D eigenvalue weighted by Gasteiger charge is -2.09. The van der Waals surface area contributed by atoms with Crippen molar-refractivity contribution >= 4 is 21.7 Å². The zero-order valence-corrected chi connectivity index (χ0v) is 11.9. The molecule has 1 N–H and O–H groups in total. The Hall–Kier alpha value is -2.41. The van der Waals surface area contributed by atoms with Crippen molar-refractivity contribution in [1.82, 2.24) is 0 Å². The lowest BCUT2D eigenvalue weighted by molar-refractivity contribution is 0.0601. The Balaban J connectivity index is 2.31. The zero-order chi connectivity index (χ0) is 15.5. The van der Waals surface area contributed by atoms with E-state index in [-0.39, 0.29) is 16.1 Å². The number of anilines is 1. The number of benzene rings is 2. The van der Waals surface area contributed by atoms with Gasteiger partial charge in [0.05, 0.1) is 17.6 Å². The standard InChI is InChI=1S/C14H12FNO4S/c1-20-14(17)10-4-2-6-12(8-10)16-21(18,19)13-7-3-5-11(15)9-13/h2-9,16H,1H3. The minimum atomic E-state index is -3.93. The van der Waals surface area contributed by atoms with Gasteiger partial charge in [0.15, 0.2) is 0 Å². The molecule has 0 amide bonds. The van der Waals surface area contributed by atoms with Crippen LogP contribution in [-0.4, -0.2) is 21.5 Å². The second-order valence-corrected chi connectivity index (χ2v) is 5.82. The molecule has 0 fully saturated rings. The summed E-state index contributed by atoms with van der Waals surface area (Å²) in [5.41, 5.74) is 0.388. The van der Waals surface area contributed by atoms with E-state index >= 15 is 0 Å². The molecule has 0 radical (unpaired) electrons. The largest absolute Gasteiger partial charge is 0.465 e. The number of rotatable bonds is 4. The van der Waals surface area contributed by atoms with Crippen LogP contribution in [0.15, 0.2) is 53.4 Å². The normalized spacial score (nSPS) is 11.0. The molecule has 0 aliphatic rings. The number of halogens is 1. The molecule has 0 unspecified atom stereocenters. The van der Waals surface area contributed by atoms with Crippen LogP contribution in [-0.2, 0) is 14.8 Å². The average Bonchev–Trinajstić information content (AvgIpc) is 2.46. The lowest BCUT2D eigenvalue weighted by Crippen LogP contribution is -2.13. The number of nitrogens with one attached hydrogen (secondary N) is 1. The topological polar surface area (TPSA) is 72.5 Å². The Labute approximate surface area is 121 Å². The number of carbonyl (C=O) groups excluding carboxylic acids is 1. The molecule has 7 heteroatoms. The van der Waals surface area contributed by atoms with Gasteiger partial charge in [-0.3, -0.25) is 4.72 Å².